The molecule has 4 bridgehead atoms. The maximum absolute atomic E-state index is 12.6. The van der Waals surface area contributed by atoms with Crippen LogP contribution in [0, 0.1) is 0 Å². The Balaban J connectivity index is 2.02. The number of nitrogens with zero attached hydrogens (tertiary/aromatic N) is 4. The standard InChI is InChI=1S/C22H14N4O2/c27-19-14-24-20-9-8-16-13-23-10-3-1-2-4-11-28-21-15-6-5-7-17(21)18(12-15)25-22(19)26(16)20/h1-14H. The van der Waals surface area contributed by atoms with Gasteiger partial charge in [-0.15, -0.1) is 0 Å². The zero-order valence-corrected chi connectivity index (χ0v) is 14.7. The van der Waals surface area contributed by atoms with Crippen LogP contribution in [0.25, 0.3) is 33.9 Å². The quantitative estimate of drug-likeness (QED) is 0.421. The molecule has 1 aromatic carbocycles. The maximum Gasteiger partial charge on any atom is 0.239 e. The van der Waals surface area contributed by atoms with Crippen LogP contribution in [0.4, 0.5) is 0 Å². The molecular weight excluding hydrogens is 352 g/mol. The summed E-state index contributed by atoms with van der Waals surface area (Å²) in [4.78, 5) is 25.8. The summed E-state index contributed by atoms with van der Waals surface area (Å²) >= 11 is 0. The number of hydrogen-bond donors (Lipinski definition) is 0. The topological polar surface area (TPSA) is 73.3 Å². The fraction of sp³-hybridized carbons (Fsp3) is 0. The van der Waals surface area contributed by atoms with E-state index in [9.17, 15) is 4.79 Å². The Morgan fingerprint density at radius 1 is 0.929 bits per heavy atom. The van der Waals surface area contributed by atoms with Gasteiger partial charge in [0.2, 0.25) is 5.43 Å². The molecular formula is C22H14N4O2. The second kappa shape index (κ2) is 6.59. The van der Waals surface area contributed by atoms with E-state index in [0.717, 1.165) is 22.0 Å². The van der Waals surface area contributed by atoms with Gasteiger partial charge in [-0.1, -0.05) is 24.3 Å². The third-order valence-electron chi connectivity index (χ3n) is 4.45. The second-order valence-corrected chi connectivity index (χ2v) is 6.21. The van der Waals surface area contributed by atoms with E-state index in [1.165, 1.54) is 6.20 Å². The normalized spacial score (nSPS) is 11.3. The molecule has 1 aliphatic rings. The molecule has 0 radical (unpaired) electrons. The van der Waals surface area contributed by atoms with Crippen molar-refractivity contribution in [3.05, 3.63) is 101 Å². The van der Waals surface area contributed by atoms with Gasteiger partial charge in [0.25, 0.3) is 0 Å². The van der Waals surface area contributed by atoms with Crippen LogP contribution in [0.1, 0.15) is 5.56 Å². The molecule has 6 heteroatoms. The molecule has 3 heterocycles. The highest BCUT2D eigenvalue weighted by Crippen LogP contribution is 2.19. The number of rotatable bonds is 0. The summed E-state index contributed by atoms with van der Waals surface area (Å²) in [5.74, 6) is 0. The van der Waals surface area contributed by atoms with E-state index in [1.807, 2.05) is 54.6 Å². The highest BCUT2D eigenvalue weighted by atomic mass is 16.3. The number of hydrogen-bond acceptors (Lipinski definition) is 5. The fourth-order valence-electron chi connectivity index (χ4n) is 3.20. The summed E-state index contributed by atoms with van der Waals surface area (Å²) in [6, 6.07) is 16.8. The molecule has 0 atom stereocenters. The van der Waals surface area contributed by atoms with E-state index in [4.69, 9.17) is 4.42 Å². The van der Waals surface area contributed by atoms with Gasteiger partial charge in [0.05, 0.1) is 29.5 Å². The molecule has 0 fully saturated rings. The van der Waals surface area contributed by atoms with Gasteiger partial charge in [0, 0.05) is 17.1 Å². The first-order valence-electron chi connectivity index (χ1n) is 8.74. The molecule has 0 N–H and O–H groups in total. The van der Waals surface area contributed by atoms with Crippen LogP contribution in [0.3, 0.4) is 0 Å². The second-order valence-electron chi connectivity index (χ2n) is 6.21. The molecule has 5 rings (SSSR count). The average Bonchev–Trinajstić information content (AvgIpc) is 3.17. The lowest BCUT2D eigenvalue weighted by molar-refractivity contribution is 0.606. The lowest BCUT2D eigenvalue weighted by Crippen LogP contribution is -2.13. The highest BCUT2D eigenvalue weighted by molar-refractivity contribution is 5.91. The van der Waals surface area contributed by atoms with Crippen molar-refractivity contribution in [1.29, 1.82) is 0 Å². The van der Waals surface area contributed by atoms with Crippen molar-refractivity contribution in [1.82, 2.24) is 19.4 Å². The lowest BCUT2D eigenvalue weighted by Gasteiger charge is -1.96. The van der Waals surface area contributed by atoms with Crippen molar-refractivity contribution in [2.24, 2.45) is 0 Å². The maximum atomic E-state index is 12.6. The smallest absolute Gasteiger partial charge is 0.239 e. The minimum Gasteiger partial charge on any atom is -0.464 e. The summed E-state index contributed by atoms with van der Waals surface area (Å²) in [6.45, 7) is 0. The predicted molar refractivity (Wildman–Crippen MR) is 107 cm³/mol. The summed E-state index contributed by atoms with van der Waals surface area (Å²) in [7, 11) is 0. The van der Waals surface area contributed by atoms with Gasteiger partial charge in [-0.25, -0.2) is 9.97 Å². The van der Waals surface area contributed by atoms with Gasteiger partial charge in [-0.3, -0.25) is 14.2 Å². The van der Waals surface area contributed by atoms with Crippen LogP contribution < -0.4 is 10.8 Å². The Kier molecular flexibility index (Phi) is 3.80. The van der Waals surface area contributed by atoms with Crippen LogP contribution in [0.15, 0.2) is 88.7 Å². The molecule has 6 nitrogen and oxygen atoms in total. The first-order chi connectivity index (χ1) is 13.8. The molecule has 0 saturated carbocycles. The van der Waals surface area contributed by atoms with Gasteiger partial charge < -0.3 is 4.42 Å². The summed E-state index contributed by atoms with van der Waals surface area (Å²) in [5, 5.41) is 1.51. The Hall–Kier alpha value is -4.06. The van der Waals surface area contributed by atoms with E-state index < -0.39 is 0 Å². The summed E-state index contributed by atoms with van der Waals surface area (Å²) in [5.41, 5.74) is 3.02. The predicted octanol–water partition coefficient (Wildman–Crippen LogP) is 3.06. The first kappa shape index (κ1) is 16.1. The molecule has 0 aliphatic heterocycles. The van der Waals surface area contributed by atoms with Gasteiger partial charge in [0.15, 0.2) is 5.65 Å². The zero-order valence-electron chi connectivity index (χ0n) is 14.7. The zero-order chi connectivity index (χ0) is 18.9. The largest absolute Gasteiger partial charge is 0.464 e. The fourth-order valence-corrected chi connectivity index (χ4v) is 3.20. The van der Waals surface area contributed by atoms with E-state index in [0.29, 0.717) is 11.0 Å². The number of para-hydroxylation sites is 1. The van der Waals surface area contributed by atoms with Crippen LogP contribution in [0.5, 0.6) is 0 Å². The van der Waals surface area contributed by atoms with Crippen LogP contribution >= 0.6 is 0 Å². The number of aromatic nitrogens is 4. The molecule has 4 aromatic rings. The van der Waals surface area contributed by atoms with Crippen LogP contribution in [0.2, 0.25) is 0 Å². The van der Waals surface area contributed by atoms with Gasteiger partial charge in [-0.2, -0.15) is 0 Å². The third-order valence-corrected chi connectivity index (χ3v) is 4.45. The van der Waals surface area contributed by atoms with Crippen molar-refractivity contribution in [2.75, 3.05) is 0 Å². The lowest BCUT2D eigenvalue weighted by atomic mass is 10.2. The molecule has 0 saturated heterocycles. The molecule has 0 unspecified atom stereocenters. The minimum atomic E-state index is -0.263. The SMILES string of the molecule is O=c1cnc2ccc3cnccccccoc4c5cccc4c(nc1n32)=C5. The summed E-state index contributed by atoms with van der Waals surface area (Å²) in [6.07, 6.45) is 8.17. The molecule has 1 aliphatic carbocycles. The van der Waals surface area contributed by atoms with Gasteiger partial charge in [-0.05, 0) is 36.4 Å². The average molecular weight is 366 g/mol. The van der Waals surface area contributed by atoms with E-state index in [-0.39, 0.29) is 11.1 Å². The monoisotopic (exact) mass is 366 g/mol. The van der Waals surface area contributed by atoms with E-state index in [1.54, 1.807) is 29.1 Å². The Bertz CT molecular complexity index is 1500. The highest BCUT2D eigenvalue weighted by Gasteiger charge is 2.09. The van der Waals surface area contributed by atoms with Crippen LogP contribution in [-0.4, -0.2) is 19.4 Å². The van der Waals surface area contributed by atoms with Crippen molar-refractivity contribution in [3.8, 4) is 0 Å². The molecule has 134 valence electrons. The third kappa shape index (κ3) is 2.68. The van der Waals surface area contributed by atoms with E-state index in [2.05, 4.69) is 15.0 Å². The van der Waals surface area contributed by atoms with E-state index >= 15 is 0 Å². The first-order valence-corrected chi connectivity index (χ1v) is 8.74. The Labute approximate surface area is 158 Å². The Morgan fingerprint density at radius 2 is 1.86 bits per heavy atom. The molecule has 3 aromatic heterocycles. The summed E-state index contributed by atoms with van der Waals surface area (Å²) < 4.78 is 7.54. The Morgan fingerprint density at radius 3 is 2.82 bits per heavy atom. The molecule has 0 amide bonds. The minimum absolute atomic E-state index is 0.263. The van der Waals surface area contributed by atoms with Crippen molar-refractivity contribution in [3.63, 3.8) is 0 Å². The van der Waals surface area contributed by atoms with Crippen molar-refractivity contribution in [2.45, 2.75) is 0 Å². The van der Waals surface area contributed by atoms with Gasteiger partial charge >= 0.3 is 0 Å². The molecule has 0 spiro atoms. The van der Waals surface area contributed by atoms with Crippen molar-refractivity contribution < 1.29 is 4.42 Å². The number of benzene rings is 1. The van der Waals surface area contributed by atoms with Crippen LogP contribution in [-0.2, 0) is 0 Å². The molecule has 28 heavy (non-hydrogen) atoms. The van der Waals surface area contributed by atoms with Crippen molar-refractivity contribution >= 4 is 33.9 Å². The van der Waals surface area contributed by atoms with Gasteiger partial charge in [0.1, 0.15) is 11.2 Å².